The molecule has 12 rings (SSSR count). The number of fused-ring (bicyclic) bond motifs is 3. The summed E-state index contributed by atoms with van der Waals surface area (Å²) in [6.07, 6.45) is -4.63. The number of rotatable bonds is 45. The van der Waals surface area contributed by atoms with E-state index in [0.717, 1.165) is 52.5 Å². The highest BCUT2D eigenvalue weighted by Gasteiger charge is 2.48. The number of nitrogens with zero attached hydrogens (tertiary/aromatic N) is 3. The van der Waals surface area contributed by atoms with Gasteiger partial charge >= 0.3 is 25.9 Å². The number of alkyl carbamates (subject to hydrolysis) is 3. The van der Waals surface area contributed by atoms with Gasteiger partial charge in [0.1, 0.15) is 41.8 Å². The molecule has 131 heavy (non-hydrogen) atoms. The minimum Gasteiger partial charge on any atom is -0.497 e. The number of amides is 3. The molecule has 0 unspecified atom stereocenters. The lowest BCUT2D eigenvalue weighted by molar-refractivity contribution is -0.107. The molecule has 39 heteroatoms. The fraction of sp³-hybridized carbons (Fsp3) is 0.565. The van der Waals surface area contributed by atoms with E-state index in [0.29, 0.717) is 48.8 Å². The lowest BCUT2D eigenvalue weighted by Crippen LogP contribution is -2.51. The molecule has 724 valence electrons. The molecule has 0 aromatic heterocycles. The molecule has 6 saturated heterocycles. The Labute approximate surface area is 777 Å². The van der Waals surface area contributed by atoms with Crippen LogP contribution in [0.5, 0.6) is 17.2 Å². The number of aldehydes is 1. The fourth-order valence-corrected chi connectivity index (χ4v) is 23.1. The lowest BCUT2D eigenvalue weighted by Gasteiger charge is -2.31. The Balaban J connectivity index is 0.000000205. The smallest absolute Gasteiger partial charge is 0.407 e. The second-order valence-electron chi connectivity index (χ2n) is 34.2. The molecule has 34 nitrogen and oxygen atoms in total. The Kier molecular flexibility index (Phi) is 40.3. The van der Waals surface area contributed by atoms with E-state index in [1.165, 1.54) is 70.6 Å². The van der Waals surface area contributed by atoms with E-state index in [2.05, 4.69) is 31.9 Å². The monoisotopic (exact) mass is 1970 g/mol. The highest BCUT2D eigenvalue weighted by Crippen LogP contribution is 2.51. The van der Waals surface area contributed by atoms with Gasteiger partial charge in [0, 0.05) is 51.0 Å². The third kappa shape index (κ3) is 30.3. The molecule has 6 aliphatic rings. The standard InChI is InChI=1S/C33H49N2O11PS.C30H40N2O9S.C29H39BrN2O8S/c1-6-44-47(38,45-7-2)22-25-10-8-24(9-11-25)18-29(34-33(37)46-31-21-43-32-28(31)16-17-42-32)30(36)20-35(19-23(3)4)48(39,40)27-14-12-26(41-5)13-15-27;1-20(2)17-32(42(36,37)24-10-8-23(38-3)9-11-24)18-27(34)26(16-22-6-4-21(5-7-22)12-14-33)31-30(35)41-28-19-40-29-25(28)13-15-39-29;1-19(2)16-32(41(35,36)23-10-8-22(37-3)9-11-23)17-26(33)25(14-20-4-6-21(15-30)7-5-20)31-29(34)40-27-18-39-28-24(27)12-13-38-28/h8-15,23,28-32,36H,6-7,16-22H2,1-5H3,(H,34,37);4-11,14,20,25-29,34H,12-13,15-19H2,1-3H3,(H,31,35);4-11,19,24-28,33H,12-18H2,1-3H3,(H,31,34)/t28-,29-,30+,31-,32+;25-,26-,27+,28-,29+;24-,25-,26+,27-,28+/m000/s1. The van der Waals surface area contributed by atoms with Crippen molar-refractivity contribution in [1.29, 1.82) is 0 Å². The van der Waals surface area contributed by atoms with Crippen LogP contribution in [0.4, 0.5) is 14.4 Å². The summed E-state index contributed by atoms with van der Waals surface area (Å²) in [4.78, 5) is 50.4. The molecule has 0 bridgehead atoms. The number of alkyl halides is 1. The van der Waals surface area contributed by atoms with Crippen molar-refractivity contribution < 1.29 is 130 Å². The van der Waals surface area contributed by atoms with Gasteiger partial charge in [-0.15, -0.1) is 0 Å². The summed E-state index contributed by atoms with van der Waals surface area (Å²) in [5, 5.41) is 43.6. The van der Waals surface area contributed by atoms with Crippen molar-refractivity contribution in [1.82, 2.24) is 28.9 Å². The van der Waals surface area contributed by atoms with Crippen LogP contribution in [-0.2, 0) is 128 Å². The minimum absolute atomic E-state index is 0.00710. The molecule has 0 aliphatic carbocycles. The summed E-state index contributed by atoms with van der Waals surface area (Å²) in [7, 11) is -10.8. The predicted molar refractivity (Wildman–Crippen MR) is 488 cm³/mol. The maximum absolute atomic E-state index is 13.8. The van der Waals surface area contributed by atoms with Gasteiger partial charge in [0.2, 0.25) is 30.1 Å². The van der Waals surface area contributed by atoms with Crippen LogP contribution in [-0.4, -0.2) is 265 Å². The Morgan fingerprint density at radius 3 is 0.962 bits per heavy atom. The Morgan fingerprint density at radius 2 is 0.702 bits per heavy atom. The van der Waals surface area contributed by atoms with Gasteiger partial charge in [0.15, 0.2) is 18.9 Å². The zero-order valence-electron chi connectivity index (χ0n) is 76.0. The molecular weight excluding hydrogens is 1840 g/mol. The number of carbonyl (C=O) groups is 4. The first-order chi connectivity index (χ1) is 62.6. The van der Waals surface area contributed by atoms with Crippen molar-refractivity contribution in [2.24, 2.45) is 35.5 Å². The molecule has 3 amide bonds. The molecular formula is C92H128BrN6O28PS3. The maximum atomic E-state index is 13.8. The van der Waals surface area contributed by atoms with Gasteiger partial charge in [-0.2, -0.15) is 12.9 Å². The number of hydrogen-bond acceptors (Lipinski definition) is 28. The second-order valence-corrected chi connectivity index (χ2v) is 42.6. The van der Waals surface area contributed by atoms with E-state index in [4.69, 9.17) is 65.9 Å². The molecule has 6 N–H and O–H groups in total. The van der Waals surface area contributed by atoms with Crippen molar-refractivity contribution in [3.05, 3.63) is 179 Å². The Bertz CT molecular complexity index is 4970. The van der Waals surface area contributed by atoms with Crippen LogP contribution in [0.1, 0.15) is 108 Å². The quantitative estimate of drug-likeness (QED) is 0.00895. The number of nitrogens with one attached hydrogen (secondary N) is 3. The summed E-state index contributed by atoms with van der Waals surface area (Å²) in [5.41, 5.74) is 5.06. The number of halogens is 1. The van der Waals surface area contributed by atoms with Gasteiger partial charge in [-0.25, -0.2) is 39.6 Å². The first kappa shape index (κ1) is 105. The molecule has 0 radical (unpaired) electrons. The number of hydrogen-bond donors (Lipinski definition) is 6. The van der Waals surface area contributed by atoms with E-state index in [1.807, 2.05) is 77.9 Å². The van der Waals surface area contributed by atoms with Gasteiger partial charge in [-0.1, -0.05) is 130 Å². The lowest BCUT2D eigenvalue weighted by atomic mass is 9.99. The van der Waals surface area contributed by atoms with Gasteiger partial charge in [-0.05, 0) is 176 Å². The summed E-state index contributed by atoms with van der Waals surface area (Å²) >= 11 is 3.44. The number of benzene rings is 6. The number of methoxy groups -OCH3 is 3. The van der Waals surface area contributed by atoms with E-state index < -0.39 is 117 Å². The SMILES string of the molecule is CCOP(=O)(Cc1ccc(C[C@H](NC(=O)O[C@H]2CO[C@H]3OCC[C@H]32)[C@H](O)CN(CC(C)C)S(=O)(=O)c2ccc(OC)cc2)cc1)OCC.COc1ccc(S(=O)(=O)N(CC(C)C)C[C@@H](O)[C@H](Cc2ccc(CBr)cc2)NC(=O)O[C@H]2CO[C@H]3OCC[C@H]32)cc1.COc1ccc(S(=O)(=O)N(CC(C)C)C[C@@H](O)[C@H](Cc2ccc(CC=O)cc2)NC(=O)O[C@H]2CO[C@H]3OCC[C@H]32)cc1. The van der Waals surface area contributed by atoms with E-state index in [1.54, 1.807) is 86.6 Å². The molecule has 6 heterocycles. The van der Waals surface area contributed by atoms with Crippen LogP contribution in [0.25, 0.3) is 0 Å². The molecule has 6 aromatic rings. The first-order valence-electron chi connectivity index (χ1n) is 44.3. The van der Waals surface area contributed by atoms with Crippen LogP contribution in [0.15, 0.2) is 160 Å². The zero-order valence-corrected chi connectivity index (χ0v) is 81.0. The van der Waals surface area contributed by atoms with Crippen LogP contribution >= 0.6 is 23.5 Å². The van der Waals surface area contributed by atoms with E-state index in [-0.39, 0.29) is 167 Å². The van der Waals surface area contributed by atoms with E-state index >= 15 is 0 Å². The minimum atomic E-state index is -4.02. The second kappa shape index (κ2) is 50.1. The number of carbonyl (C=O) groups excluding carboxylic acids is 4. The zero-order chi connectivity index (χ0) is 94.7. The first-order valence-corrected chi connectivity index (χ1v) is 51.4. The van der Waals surface area contributed by atoms with Crippen molar-refractivity contribution in [3.63, 3.8) is 0 Å². The number of sulfonamides is 3. The highest BCUT2D eigenvalue weighted by molar-refractivity contribution is 9.08. The summed E-state index contributed by atoms with van der Waals surface area (Å²) in [5.74, 6) is 1.32. The predicted octanol–water partition coefficient (Wildman–Crippen LogP) is 10.8. The van der Waals surface area contributed by atoms with Crippen LogP contribution in [0.3, 0.4) is 0 Å². The summed E-state index contributed by atoms with van der Waals surface area (Å²) < 4.78 is 176. The average molecular weight is 1970 g/mol. The van der Waals surface area contributed by atoms with Gasteiger partial charge < -0.3 is 102 Å². The fourth-order valence-electron chi connectivity index (χ4n) is 16.2. The topological polar surface area (TPSA) is 423 Å². The van der Waals surface area contributed by atoms with Crippen molar-refractivity contribution >= 4 is 78.2 Å². The van der Waals surface area contributed by atoms with Crippen molar-refractivity contribution in [3.8, 4) is 17.2 Å². The largest absolute Gasteiger partial charge is 0.497 e. The Morgan fingerprint density at radius 1 is 0.427 bits per heavy atom. The summed E-state index contributed by atoms with van der Waals surface area (Å²) in [6, 6.07) is 37.8. The molecule has 6 aromatic carbocycles. The van der Waals surface area contributed by atoms with Gasteiger partial charge in [0.25, 0.3) is 0 Å². The van der Waals surface area contributed by atoms with Gasteiger partial charge in [-0.3, -0.25) is 4.57 Å². The van der Waals surface area contributed by atoms with E-state index in [9.17, 15) is 64.3 Å². The van der Waals surface area contributed by atoms with Crippen molar-refractivity contribution in [2.45, 2.75) is 200 Å². The molecule has 15 atom stereocenters. The molecule has 6 fully saturated rings. The number of ether oxygens (including phenoxy) is 12. The maximum Gasteiger partial charge on any atom is 0.407 e. The number of aliphatic hydroxyl groups is 3. The highest BCUT2D eigenvalue weighted by atomic mass is 79.9. The Hall–Kier alpha value is -7.80. The number of aliphatic hydroxyl groups excluding tert-OH is 3. The average Bonchev–Trinajstić information content (AvgIpc) is 1.80. The summed E-state index contributed by atoms with van der Waals surface area (Å²) in [6.45, 7) is 17.4. The molecule has 6 aliphatic heterocycles. The van der Waals surface area contributed by atoms with Crippen molar-refractivity contribution in [2.75, 3.05) is 113 Å². The normalized spacial score (nSPS) is 21.5. The van der Waals surface area contributed by atoms with Crippen LogP contribution in [0, 0.1) is 35.5 Å². The van der Waals surface area contributed by atoms with Crippen LogP contribution in [0.2, 0.25) is 0 Å². The molecule has 0 saturated carbocycles. The van der Waals surface area contributed by atoms with Crippen LogP contribution < -0.4 is 30.2 Å². The van der Waals surface area contributed by atoms with Gasteiger partial charge in [0.05, 0.1) is 149 Å². The third-order valence-corrected chi connectivity index (χ3v) is 31.2. The third-order valence-electron chi connectivity index (χ3n) is 22.9. The molecule has 0 spiro atoms.